The van der Waals surface area contributed by atoms with E-state index in [1.54, 1.807) is 43.3 Å². The number of anilines is 1. The Bertz CT molecular complexity index is 903. The minimum atomic E-state index is -3.42. The van der Waals surface area contributed by atoms with Crippen molar-refractivity contribution < 1.29 is 17.9 Å². The van der Waals surface area contributed by atoms with E-state index in [-0.39, 0.29) is 12.5 Å². The zero-order valence-corrected chi connectivity index (χ0v) is 16.5. The highest BCUT2D eigenvalue weighted by Crippen LogP contribution is 2.28. The van der Waals surface area contributed by atoms with E-state index < -0.39 is 16.1 Å². The van der Waals surface area contributed by atoms with Crippen molar-refractivity contribution in [1.29, 1.82) is 0 Å². The number of hydrogen-bond acceptors (Lipinski definition) is 4. The molecular weight excluding hydrogens is 399 g/mol. The second-order valence-electron chi connectivity index (χ2n) is 5.58. The second-order valence-corrected chi connectivity index (χ2v) is 8.18. The van der Waals surface area contributed by atoms with E-state index in [2.05, 4.69) is 10.0 Å². The Labute approximate surface area is 162 Å². The highest BCUT2D eigenvalue weighted by molar-refractivity contribution is 7.92. The van der Waals surface area contributed by atoms with Crippen LogP contribution in [0, 0.1) is 0 Å². The van der Waals surface area contributed by atoms with Crippen LogP contribution in [0.25, 0.3) is 0 Å². The van der Waals surface area contributed by atoms with Crippen LogP contribution in [-0.2, 0) is 21.4 Å². The van der Waals surface area contributed by atoms with Gasteiger partial charge in [0.2, 0.25) is 10.0 Å². The van der Waals surface area contributed by atoms with Crippen molar-refractivity contribution in [2.45, 2.75) is 19.6 Å². The van der Waals surface area contributed by atoms with E-state index in [0.717, 1.165) is 6.26 Å². The van der Waals surface area contributed by atoms with Gasteiger partial charge in [0.1, 0.15) is 5.75 Å². The van der Waals surface area contributed by atoms with Crippen molar-refractivity contribution in [3.8, 4) is 5.75 Å². The summed E-state index contributed by atoms with van der Waals surface area (Å²) in [5, 5.41) is 3.48. The molecule has 0 aliphatic rings. The zero-order chi connectivity index (χ0) is 19.3. The summed E-state index contributed by atoms with van der Waals surface area (Å²) >= 11 is 11.9. The molecule has 2 rings (SSSR count). The van der Waals surface area contributed by atoms with Gasteiger partial charge < -0.3 is 10.1 Å². The first-order valence-electron chi connectivity index (χ1n) is 7.61. The molecule has 9 heteroatoms. The van der Waals surface area contributed by atoms with Gasteiger partial charge in [0.05, 0.1) is 17.0 Å². The normalized spacial score (nSPS) is 12.3. The van der Waals surface area contributed by atoms with Crippen molar-refractivity contribution in [2.75, 3.05) is 11.0 Å². The molecule has 0 saturated heterocycles. The van der Waals surface area contributed by atoms with Crippen molar-refractivity contribution in [2.24, 2.45) is 0 Å². The monoisotopic (exact) mass is 416 g/mol. The van der Waals surface area contributed by atoms with Crippen LogP contribution in [0.2, 0.25) is 10.0 Å². The van der Waals surface area contributed by atoms with Crippen LogP contribution in [0.1, 0.15) is 12.5 Å². The molecule has 0 heterocycles. The maximum atomic E-state index is 12.3. The number of halogens is 2. The Kier molecular flexibility index (Phi) is 6.75. The third-order valence-corrected chi connectivity index (χ3v) is 4.45. The van der Waals surface area contributed by atoms with Crippen LogP contribution < -0.4 is 14.8 Å². The number of amides is 1. The molecule has 0 bridgehead atoms. The van der Waals surface area contributed by atoms with E-state index in [1.807, 2.05) is 0 Å². The first kappa shape index (κ1) is 20.4. The summed E-state index contributed by atoms with van der Waals surface area (Å²) in [5.74, 6) is -0.0250. The van der Waals surface area contributed by atoms with Gasteiger partial charge in [-0.15, -0.1) is 0 Å². The summed E-state index contributed by atoms with van der Waals surface area (Å²) in [6.07, 6.45) is 0.261. The molecule has 26 heavy (non-hydrogen) atoms. The molecule has 2 N–H and O–H groups in total. The molecule has 0 fully saturated rings. The van der Waals surface area contributed by atoms with Crippen LogP contribution in [0.5, 0.6) is 5.75 Å². The van der Waals surface area contributed by atoms with Gasteiger partial charge in [-0.1, -0.05) is 41.4 Å². The first-order chi connectivity index (χ1) is 12.2. The summed E-state index contributed by atoms with van der Waals surface area (Å²) in [7, 11) is -3.42. The molecule has 0 aromatic heterocycles. The molecule has 0 aliphatic carbocycles. The predicted molar refractivity (Wildman–Crippen MR) is 103 cm³/mol. The lowest BCUT2D eigenvalue weighted by molar-refractivity contribution is -0.127. The molecule has 0 spiro atoms. The number of sulfonamides is 1. The highest BCUT2D eigenvalue weighted by Gasteiger charge is 2.17. The van der Waals surface area contributed by atoms with E-state index in [9.17, 15) is 13.2 Å². The van der Waals surface area contributed by atoms with Crippen molar-refractivity contribution in [3.63, 3.8) is 0 Å². The maximum absolute atomic E-state index is 12.3. The molecule has 2 aromatic carbocycles. The van der Waals surface area contributed by atoms with Crippen molar-refractivity contribution in [3.05, 3.63) is 58.1 Å². The van der Waals surface area contributed by atoms with Crippen molar-refractivity contribution >= 4 is 44.8 Å². The number of nitrogens with one attached hydrogen (secondary N) is 2. The summed E-state index contributed by atoms with van der Waals surface area (Å²) < 4.78 is 30.8. The number of ether oxygens (including phenoxy) is 1. The second kappa shape index (κ2) is 8.62. The number of carbonyl (C=O) groups excluding carboxylic acids is 1. The van der Waals surface area contributed by atoms with Crippen LogP contribution in [-0.4, -0.2) is 26.7 Å². The van der Waals surface area contributed by atoms with Gasteiger partial charge in [-0.3, -0.25) is 9.52 Å². The van der Waals surface area contributed by atoms with Gasteiger partial charge in [0, 0.05) is 11.6 Å². The molecule has 0 aliphatic heterocycles. The molecule has 1 atom stereocenters. The van der Waals surface area contributed by atoms with Crippen LogP contribution in [0.15, 0.2) is 42.5 Å². The molecule has 2 aromatic rings. The molecular formula is C17H18Cl2N2O4S. The van der Waals surface area contributed by atoms with Gasteiger partial charge in [-0.05, 0) is 36.8 Å². The summed E-state index contributed by atoms with van der Waals surface area (Å²) in [5.41, 5.74) is 1.03. The fourth-order valence-corrected chi connectivity index (χ4v) is 3.17. The Hall–Kier alpha value is -1.96. The number of hydrogen-bond donors (Lipinski definition) is 2. The Morgan fingerprint density at radius 1 is 1.19 bits per heavy atom. The van der Waals surface area contributed by atoms with Gasteiger partial charge in [0.25, 0.3) is 5.91 Å². The zero-order valence-electron chi connectivity index (χ0n) is 14.1. The summed E-state index contributed by atoms with van der Waals surface area (Å²) in [6, 6.07) is 11.5. The number of rotatable bonds is 7. The maximum Gasteiger partial charge on any atom is 0.261 e. The molecule has 0 saturated carbocycles. The summed E-state index contributed by atoms with van der Waals surface area (Å²) in [4.78, 5) is 12.3. The predicted octanol–water partition coefficient (Wildman–Crippen LogP) is 3.45. The van der Waals surface area contributed by atoms with E-state index in [4.69, 9.17) is 27.9 Å². The quantitative estimate of drug-likeness (QED) is 0.723. The highest BCUT2D eigenvalue weighted by atomic mass is 35.5. The average molecular weight is 417 g/mol. The fourth-order valence-electron chi connectivity index (χ4n) is 2.11. The van der Waals surface area contributed by atoms with E-state index in [1.165, 1.54) is 6.07 Å². The topological polar surface area (TPSA) is 84.5 Å². The Balaban J connectivity index is 2.00. The molecule has 6 nitrogen and oxygen atoms in total. The number of carbonyl (C=O) groups is 1. The smallest absolute Gasteiger partial charge is 0.261 e. The van der Waals surface area contributed by atoms with Crippen LogP contribution in [0.4, 0.5) is 5.69 Å². The SMILES string of the molecule is CC(Oc1ccc(Cl)cc1Cl)C(=O)NCc1ccccc1NS(C)(=O)=O. The van der Waals surface area contributed by atoms with Crippen LogP contribution >= 0.6 is 23.2 Å². The van der Waals surface area contributed by atoms with Gasteiger partial charge in [-0.25, -0.2) is 8.42 Å². The standard InChI is InChI=1S/C17H18Cl2N2O4S/c1-11(25-16-8-7-13(18)9-14(16)19)17(22)20-10-12-5-3-4-6-15(12)21-26(2,23)24/h3-9,11,21H,10H2,1-2H3,(H,20,22). The number of benzene rings is 2. The molecule has 1 amide bonds. The fraction of sp³-hybridized carbons (Fsp3) is 0.235. The third-order valence-electron chi connectivity index (χ3n) is 3.33. The molecule has 140 valence electrons. The minimum absolute atomic E-state index is 0.138. The minimum Gasteiger partial charge on any atom is -0.479 e. The summed E-state index contributed by atoms with van der Waals surface area (Å²) in [6.45, 7) is 1.72. The lowest BCUT2D eigenvalue weighted by Crippen LogP contribution is -2.36. The van der Waals surface area contributed by atoms with E-state index >= 15 is 0 Å². The largest absolute Gasteiger partial charge is 0.479 e. The van der Waals surface area contributed by atoms with Crippen molar-refractivity contribution in [1.82, 2.24) is 5.32 Å². The van der Waals surface area contributed by atoms with Gasteiger partial charge in [0.15, 0.2) is 6.10 Å². The lowest BCUT2D eigenvalue weighted by Gasteiger charge is -2.17. The Morgan fingerprint density at radius 3 is 2.54 bits per heavy atom. The first-order valence-corrected chi connectivity index (χ1v) is 10.3. The van der Waals surface area contributed by atoms with Crippen LogP contribution in [0.3, 0.4) is 0 Å². The third kappa shape index (κ3) is 6.09. The number of para-hydroxylation sites is 1. The lowest BCUT2D eigenvalue weighted by atomic mass is 10.2. The Morgan fingerprint density at radius 2 is 1.88 bits per heavy atom. The molecule has 1 unspecified atom stereocenters. The van der Waals surface area contributed by atoms with Gasteiger partial charge in [-0.2, -0.15) is 0 Å². The van der Waals surface area contributed by atoms with Gasteiger partial charge >= 0.3 is 0 Å². The van der Waals surface area contributed by atoms with E-state index in [0.29, 0.717) is 27.0 Å². The average Bonchev–Trinajstić information content (AvgIpc) is 2.54. The molecule has 0 radical (unpaired) electrons.